The van der Waals surface area contributed by atoms with E-state index in [0.717, 1.165) is 13.1 Å². The van der Waals surface area contributed by atoms with Crippen LogP contribution in [0.1, 0.15) is 0 Å². The number of rotatable bonds is 3. The molecule has 0 atom stereocenters. The average Bonchev–Trinajstić information content (AvgIpc) is 2.91. The third kappa shape index (κ3) is 5.63. The van der Waals surface area contributed by atoms with Gasteiger partial charge in [0, 0.05) is 51.0 Å². The van der Waals surface area contributed by atoms with Gasteiger partial charge >= 0.3 is 0 Å². The van der Waals surface area contributed by atoms with E-state index in [-0.39, 0.29) is 27.2 Å². The fraction of sp³-hybridized carbons (Fsp3) is 0.167. The molecule has 35 heavy (non-hydrogen) atoms. The molecular weight excluding hydrogens is 528 g/mol. The lowest BCUT2D eigenvalue weighted by Gasteiger charge is -2.29. The lowest BCUT2D eigenvalue weighted by Crippen LogP contribution is -2.44. The van der Waals surface area contributed by atoms with Gasteiger partial charge in [0.1, 0.15) is 0 Å². The fourth-order valence-electron chi connectivity index (χ4n) is 3.44. The Morgan fingerprint density at radius 2 is 1.14 bits per heavy atom. The van der Waals surface area contributed by atoms with Crippen molar-refractivity contribution in [1.82, 2.24) is 25.3 Å². The number of piperazine rings is 1. The largest absolute Gasteiger partial charge is 0.367 e. The second-order valence-electron chi connectivity index (χ2n) is 7.36. The lowest BCUT2D eigenvalue weighted by molar-refractivity contribution is 0.501. The van der Waals surface area contributed by atoms with Gasteiger partial charge in [-0.1, -0.05) is 0 Å². The van der Waals surface area contributed by atoms with Crippen molar-refractivity contribution in [3.05, 3.63) is 88.9 Å². The minimum Gasteiger partial charge on any atom is -0.367 e. The van der Waals surface area contributed by atoms with Gasteiger partial charge in [-0.15, -0.1) is 0 Å². The van der Waals surface area contributed by atoms with Crippen LogP contribution in [0.5, 0.6) is 0 Å². The highest BCUT2D eigenvalue weighted by atomic mass is 79.9. The Morgan fingerprint density at radius 1 is 0.657 bits per heavy atom. The molecule has 0 spiro atoms. The Hall–Kier alpha value is -3.44. The van der Waals surface area contributed by atoms with Crippen molar-refractivity contribution >= 4 is 21.6 Å². The first-order valence-corrected chi connectivity index (χ1v) is 11.4. The van der Waals surface area contributed by atoms with Gasteiger partial charge in [-0.3, -0.25) is 0 Å². The third-order valence-corrected chi connectivity index (χ3v) is 5.78. The maximum atomic E-state index is 14.2. The number of hydrogen-bond donors (Lipinski definition) is 1. The van der Waals surface area contributed by atoms with Gasteiger partial charge in [0.2, 0.25) is 0 Å². The molecule has 1 aliphatic rings. The van der Waals surface area contributed by atoms with Gasteiger partial charge in [-0.05, 0) is 52.3 Å². The number of nitrogens with one attached hydrogen (secondary N) is 1. The molecule has 0 radical (unpaired) electrons. The fourth-order valence-corrected chi connectivity index (χ4v) is 3.74. The predicted molar refractivity (Wildman–Crippen MR) is 128 cm³/mol. The van der Waals surface area contributed by atoms with E-state index < -0.39 is 23.3 Å². The first-order chi connectivity index (χ1) is 17.0. The summed E-state index contributed by atoms with van der Waals surface area (Å²) >= 11 is 2.90. The molecule has 11 heteroatoms. The number of aromatic nitrogens is 4. The second kappa shape index (κ2) is 11.3. The van der Waals surface area contributed by atoms with Crippen molar-refractivity contribution < 1.29 is 17.6 Å². The van der Waals surface area contributed by atoms with Crippen LogP contribution in [0.25, 0.3) is 22.8 Å². The summed E-state index contributed by atoms with van der Waals surface area (Å²) in [6.45, 7) is 2.87. The molecule has 3 heterocycles. The summed E-state index contributed by atoms with van der Waals surface area (Å²) in [6, 6.07) is 9.21. The Bertz CT molecular complexity index is 1290. The van der Waals surface area contributed by atoms with Gasteiger partial charge in [0.15, 0.2) is 34.9 Å². The summed E-state index contributed by atoms with van der Waals surface area (Å²) in [5, 5.41) is 3.18. The maximum absolute atomic E-state index is 14.2. The molecule has 1 fully saturated rings. The Kier molecular flexibility index (Phi) is 7.98. The van der Waals surface area contributed by atoms with Crippen molar-refractivity contribution in [3.63, 3.8) is 0 Å². The highest BCUT2D eigenvalue weighted by Crippen LogP contribution is 2.29. The summed E-state index contributed by atoms with van der Waals surface area (Å²) in [5.41, 5.74) is 0.432. The van der Waals surface area contributed by atoms with Gasteiger partial charge in [0.25, 0.3) is 0 Å². The van der Waals surface area contributed by atoms with E-state index in [2.05, 4.69) is 41.2 Å². The van der Waals surface area contributed by atoms with E-state index in [1.165, 1.54) is 43.0 Å². The number of nitrogens with zero attached hydrogens (tertiary/aromatic N) is 5. The molecule has 180 valence electrons. The van der Waals surface area contributed by atoms with Gasteiger partial charge in [0.05, 0.1) is 21.3 Å². The van der Waals surface area contributed by atoms with Crippen molar-refractivity contribution in [2.45, 2.75) is 0 Å². The van der Waals surface area contributed by atoms with E-state index in [4.69, 9.17) is 0 Å². The summed E-state index contributed by atoms with van der Waals surface area (Å²) < 4.78 is 55.2. The molecule has 2 aromatic carbocycles. The highest BCUT2D eigenvalue weighted by molar-refractivity contribution is 9.10. The predicted octanol–water partition coefficient (Wildman–Crippen LogP) is 5.02. The van der Waals surface area contributed by atoms with Gasteiger partial charge < -0.3 is 10.2 Å². The molecule has 6 nitrogen and oxygen atoms in total. The molecule has 1 saturated heterocycles. The van der Waals surface area contributed by atoms with E-state index in [1.807, 2.05) is 4.90 Å². The zero-order valence-electron chi connectivity index (χ0n) is 18.2. The summed E-state index contributed by atoms with van der Waals surface area (Å²) in [5.74, 6) is -3.25. The zero-order valence-corrected chi connectivity index (χ0v) is 19.8. The van der Waals surface area contributed by atoms with Crippen molar-refractivity contribution in [2.24, 2.45) is 0 Å². The normalized spacial score (nSPS) is 13.2. The summed E-state index contributed by atoms with van der Waals surface area (Å²) in [4.78, 5) is 17.4. The van der Waals surface area contributed by atoms with Crippen LogP contribution in [-0.2, 0) is 0 Å². The molecule has 2 aromatic heterocycles. The molecule has 0 amide bonds. The summed E-state index contributed by atoms with van der Waals surface area (Å²) in [7, 11) is 0. The standard InChI is InChI=1S/C14H14F2N4.C10H5BrF2N2/c15-12-10(14-18-4-1-5-19-14)2-3-11(13(12)16)20-8-6-17-7-9-20;11-7-3-2-6(8(12)9(7)13)10-14-4-1-5-15-10/h1-5,17H,6-9H2;1-5H. The first-order valence-electron chi connectivity index (χ1n) is 10.6. The number of benzene rings is 2. The van der Waals surface area contributed by atoms with Crippen LogP contribution in [-0.4, -0.2) is 46.1 Å². The molecular formula is C24H19BrF4N6. The number of anilines is 1. The van der Waals surface area contributed by atoms with Crippen LogP contribution in [0, 0.1) is 23.3 Å². The van der Waals surface area contributed by atoms with Crippen LogP contribution in [0.15, 0.2) is 65.7 Å². The number of halogens is 5. The molecule has 0 unspecified atom stereocenters. The van der Waals surface area contributed by atoms with E-state index in [1.54, 1.807) is 18.2 Å². The lowest BCUT2D eigenvalue weighted by atomic mass is 10.1. The molecule has 0 bridgehead atoms. The van der Waals surface area contributed by atoms with E-state index in [0.29, 0.717) is 18.8 Å². The summed E-state index contributed by atoms with van der Waals surface area (Å²) in [6.07, 6.45) is 5.96. The SMILES string of the molecule is Fc1c(-c2ncccn2)ccc(N2CCNCC2)c1F.Fc1c(Br)ccc(-c2ncccn2)c1F. The minimum atomic E-state index is -0.949. The zero-order chi connectivity index (χ0) is 24.8. The van der Waals surface area contributed by atoms with Crippen LogP contribution in [0.2, 0.25) is 0 Å². The first kappa shape index (κ1) is 24.7. The molecule has 1 N–H and O–H groups in total. The number of hydrogen-bond acceptors (Lipinski definition) is 6. The van der Waals surface area contributed by atoms with Crippen LogP contribution < -0.4 is 10.2 Å². The molecule has 0 aliphatic carbocycles. The van der Waals surface area contributed by atoms with Crippen molar-refractivity contribution in [3.8, 4) is 22.8 Å². The molecule has 1 aliphatic heterocycles. The second-order valence-corrected chi connectivity index (χ2v) is 8.22. The van der Waals surface area contributed by atoms with Crippen molar-refractivity contribution in [1.29, 1.82) is 0 Å². The van der Waals surface area contributed by atoms with E-state index in [9.17, 15) is 17.6 Å². The third-order valence-electron chi connectivity index (χ3n) is 5.17. The minimum absolute atomic E-state index is 0.0521. The molecule has 4 aromatic rings. The quantitative estimate of drug-likeness (QED) is 0.287. The van der Waals surface area contributed by atoms with Crippen LogP contribution in [0.3, 0.4) is 0 Å². The molecule has 0 saturated carbocycles. The smallest absolute Gasteiger partial charge is 0.182 e. The van der Waals surface area contributed by atoms with Crippen LogP contribution >= 0.6 is 15.9 Å². The van der Waals surface area contributed by atoms with Gasteiger partial charge in [-0.2, -0.15) is 0 Å². The maximum Gasteiger partial charge on any atom is 0.182 e. The Labute approximate surface area is 207 Å². The highest BCUT2D eigenvalue weighted by Gasteiger charge is 2.21. The van der Waals surface area contributed by atoms with E-state index >= 15 is 0 Å². The van der Waals surface area contributed by atoms with Gasteiger partial charge in [-0.25, -0.2) is 37.5 Å². The monoisotopic (exact) mass is 546 g/mol. The average molecular weight is 547 g/mol. The molecule has 5 rings (SSSR count). The Morgan fingerprint density at radius 3 is 1.69 bits per heavy atom. The topological polar surface area (TPSA) is 66.8 Å². The van der Waals surface area contributed by atoms with Crippen LogP contribution in [0.4, 0.5) is 23.2 Å². The Balaban J connectivity index is 0.000000172. The van der Waals surface area contributed by atoms with Crippen molar-refractivity contribution in [2.75, 3.05) is 31.1 Å².